The van der Waals surface area contributed by atoms with Gasteiger partial charge in [-0.05, 0) is 24.3 Å². The highest BCUT2D eigenvalue weighted by atomic mass is 32.2. The molecule has 0 bridgehead atoms. The largest absolute Gasteiger partial charge is 0.496 e. The van der Waals surface area contributed by atoms with E-state index in [-0.39, 0.29) is 5.91 Å². The van der Waals surface area contributed by atoms with Gasteiger partial charge in [0.15, 0.2) is 11.5 Å². The lowest BCUT2D eigenvalue weighted by Gasteiger charge is -2.10. The van der Waals surface area contributed by atoms with Crippen LogP contribution in [0.15, 0.2) is 47.4 Å². The summed E-state index contributed by atoms with van der Waals surface area (Å²) in [6.07, 6.45) is 0.877. The molecule has 0 saturated heterocycles. The van der Waals surface area contributed by atoms with Crippen molar-refractivity contribution in [3.8, 4) is 17.2 Å². The van der Waals surface area contributed by atoms with Crippen molar-refractivity contribution in [2.24, 2.45) is 0 Å². The normalized spacial score (nSPS) is 13.0. The van der Waals surface area contributed by atoms with Crippen LogP contribution in [-0.4, -0.2) is 32.0 Å². The number of hydrogen-bond acceptors (Lipinski definition) is 5. The molecule has 132 valence electrons. The zero-order chi connectivity index (χ0) is 17.5. The molecule has 1 aliphatic heterocycles. The molecule has 1 aliphatic rings. The average molecular weight is 359 g/mol. The van der Waals surface area contributed by atoms with Crippen LogP contribution in [-0.2, 0) is 11.3 Å². The maximum absolute atomic E-state index is 12.1. The fraction of sp³-hybridized carbons (Fsp3) is 0.316. The first-order chi connectivity index (χ1) is 12.3. The van der Waals surface area contributed by atoms with Crippen molar-refractivity contribution >= 4 is 17.7 Å². The third-order valence-corrected chi connectivity index (χ3v) is 4.75. The Bertz CT molecular complexity index is 735. The second-order valence-corrected chi connectivity index (χ2v) is 6.59. The third-order valence-electron chi connectivity index (χ3n) is 3.76. The first kappa shape index (κ1) is 17.5. The van der Waals surface area contributed by atoms with Crippen LogP contribution in [0.1, 0.15) is 12.0 Å². The summed E-state index contributed by atoms with van der Waals surface area (Å²) in [4.78, 5) is 13.1. The average Bonchev–Trinajstić information content (AvgIpc) is 2.89. The molecule has 3 rings (SSSR count). The van der Waals surface area contributed by atoms with Crippen LogP contribution in [0, 0.1) is 0 Å². The SMILES string of the molecule is COc1ccccc1CNC(=O)CSc1ccc2c(c1)OCCCO2. The Kier molecular flexibility index (Phi) is 6.06. The number of benzene rings is 2. The van der Waals surface area contributed by atoms with Crippen LogP contribution >= 0.6 is 11.8 Å². The van der Waals surface area contributed by atoms with E-state index in [0.29, 0.717) is 25.5 Å². The van der Waals surface area contributed by atoms with Gasteiger partial charge in [-0.25, -0.2) is 0 Å². The van der Waals surface area contributed by atoms with Gasteiger partial charge in [0.2, 0.25) is 5.91 Å². The molecule has 0 saturated carbocycles. The lowest BCUT2D eigenvalue weighted by Crippen LogP contribution is -2.24. The minimum Gasteiger partial charge on any atom is -0.496 e. The highest BCUT2D eigenvalue weighted by Crippen LogP contribution is 2.33. The van der Waals surface area contributed by atoms with Crippen molar-refractivity contribution in [1.82, 2.24) is 5.32 Å². The topological polar surface area (TPSA) is 56.8 Å². The van der Waals surface area contributed by atoms with Crippen molar-refractivity contribution in [2.45, 2.75) is 17.9 Å². The third kappa shape index (κ3) is 4.82. The Morgan fingerprint density at radius 3 is 2.80 bits per heavy atom. The fourth-order valence-corrected chi connectivity index (χ4v) is 3.23. The number of carbonyl (C=O) groups excluding carboxylic acids is 1. The Labute approximate surface area is 151 Å². The van der Waals surface area contributed by atoms with E-state index in [1.807, 2.05) is 42.5 Å². The predicted octanol–water partition coefficient (Wildman–Crippen LogP) is 3.27. The van der Waals surface area contributed by atoms with E-state index < -0.39 is 0 Å². The smallest absolute Gasteiger partial charge is 0.230 e. The van der Waals surface area contributed by atoms with Gasteiger partial charge in [0.1, 0.15) is 5.75 Å². The molecule has 2 aromatic rings. The second kappa shape index (κ2) is 8.67. The fourth-order valence-electron chi connectivity index (χ4n) is 2.48. The van der Waals surface area contributed by atoms with Gasteiger partial charge in [-0.1, -0.05) is 18.2 Å². The molecule has 0 unspecified atom stereocenters. The van der Waals surface area contributed by atoms with E-state index in [2.05, 4.69) is 5.32 Å². The Morgan fingerprint density at radius 2 is 1.96 bits per heavy atom. The van der Waals surface area contributed by atoms with Crippen molar-refractivity contribution in [2.75, 3.05) is 26.1 Å². The summed E-state index contributed by atoms with van der Waals surface area (Å²) in [5.41, 5.74) is 0.957. The Morgan fingerprint density at radius 1 is 1.16 bits per heavy atom. The number of rotatable bonds is 6. The molecule has 1 amide bonds. The van der Waals surface area contributed by atoms with Crippen molar-refractivity contribution in [3.05, 3.63) is 48.0 Å². The maximum atomic E-state index is 12.1. The number of ether oxygens (including phenoxy) is 3. The van der Waals surface area contributed by atoms with Crippen molar-refractivity contribution in [3.63, 3.8) is 0 Å². The van der Waals surface area contributed by atoms with Crippen LogP contribution in [0.3, 0.4) is 0 Å². The van der Waals surface area contributed by atoms with Crippen LogP contribution in [0.4, 0.5) is 0 Å². The van der Waals surface area contributed by atoms with E-state index >= 15 is 0 Å². The van der Waals surface area contributed by atoms with E-state index in [0.717, 1.165) is 34.1 Å². The van der Waals surface area contributed by atoms with Gasteiger partial charge >= 0.3 is 0 Å². The molecule has 0 spiro atoms. The molecular weight excluding hydrogens is 338 g/mol. The summed E-state index contributed by atoms with van der Waals surface area (Å²) in [6, 6.07) is 13.4. The number of thioether (sulfide) groups is 1. The summed E-state index contributed by atoms with van der Waals surface area (Å²) in [5, 5.41) is 2.92. The number of methoxy groups -OCH3 is 1. The molecule has 5 nitrogen and oxygen atoms in total. The van der Waals surface area contributed by atoms with Gasteiger partial charge in [-0.15, -0.1) is 11.8 Å². The van der Waals surface area contributed by atoms with E-state index in [1.54, 1.807) is 7.11 Å². The zero-order valence-corrected chi connectivity index (χ0v) is 14.9. The van der Waals surface area contributed by atoms with Gasteiger partial charge in [0.05, 0.1) is 26.1 Å². The molecule has 0 atom stereocenters. The second-order valence-electron chi connectivity index (χ2n) is 5.54. The van der Waals surface area contributed by atoms with E-state index in [4.69, 9.17) is 14.2 Å². The summed E-state index contributed by atoms with van der Waals surface area (Å²) >= 11 is 1.47. The number of hydrogen-bond donors (Lipinski definition) is 1. The van der Waals surface area contributed by atoms with Crippen LogP contribution in [0.2, 0.25) is 0 Å². The Balaban J connectivity index is 1.51. The molecule has 1 heterocycles. The molecular formula is C19H21NO4S. The molecule has 25 heavy (non-hydrogen) atoms. The Hall–Kier alpha value is -2.34. The highest BCUT2D eigenvalue weighted by molar-refractivity contribution is 8.00. The van der Waals surface area contributed by atoms with Crippen LogP contribution in [0.25, 0.3) is 0 Å². The van der Waals surface area contributed by atoms with Crippen LogP contribution < -0.4 is 19.5 Å². The van der Waals surface area contributed by atoms with Gasteiger partial charge in [-0.3, -0.25) is 4.79 Å². The monoisotopic (exact) mass is 359 g/mol. The van der Waals surface area contributed by atoms with Gasteiger partial charge < -0.3 is 19.5 Å². The molecule has 1 N–H and O–H groups in total. The summed E-state index contributed by atoms with van der Waals surface area (Å²) in [7, 11) is 1.63. The lowest BCUT2D eigenvalue weighted by atomic mass is 10.2. The number of carbonyl (C=O) groups is 1. The standard InChI is InChI=1S/C19H21NO4S/c1-22-16-6-3-2-5-14(16)12-20-19(21)13-25-15-7-8-17-18(11-15)24-10-4-9-23-17/h2-3,5-8,11H,4,9-10,12-13H2,1H3,(H,20,21). The van der Waals surface area contributed by atoms with Gasteiger partial charge in [0.25, 0.3) is 0 Å². The lowest BCUT2D eigenvalue weighted by molar-refractivity contribution is -0.118. The molecule has 0 aromatic heterocycles. The maximum Gasteiger partial charge on any atom is 0.230 e. The van der Waals surface area contributed by atoms with E-state index in [1.165, 1.54) is 11.8 Å². The number of para-hydroxylation sites is 1. The summed E-state index contributed by atoms with van der Waals surface area (Å²) < 4.78 is 16.6. The molecule has 6 heteroatoms. The van der Waals surface area contributed by atoms with Gasteiger partial charge in [-0.2, -0.15) is 0 Å². The van der Waals surface area contributed by atoms with Crippen molar-refractivity contribution < 1.29 is 19.0 Å². The molecule has 2 aromatic carbocycles. The van der Waals surface area contributed by atoms with Gasteiger partial charge in [0, 0.05) is 23.4 Å². The molecule has 0 fully saturated rings. The first-order valence-corrected chi connectivity index (χ1v) is 9.16. The zero-order valence-electron chi connectivity index (χ0n) is 14.1. The van der Waals surface area contributed by atoms with E-state index in [9.17, 15) is 4.79 Å². The summed E-state index contributed by atoms with van der Waals surface area (Å²) in [5.74, 6) is 2.61. The summed E-state index contributed by atoms with van der Waals surface area (Å²) in [6.45, 7) is 1.77. The molecule has 0 radical (unpaired) electrons. The predicted molar refractivity (Wildman–Crippen MR) is 97.6 cm³/mol. The first-order valence-electron chi connectivity index (χ1n) is 8.17. The minimum absolute atomic E-state index is 0.0250. The van der Waals surface area contributed by atoms with Crippen molar-refractivity contribution in [1.29, 1.82) is 0 Å². The van der Waals surface area contributed by atoms with Crippen LogP contribution in [0.5, 0.6) is 17.2 Å². The minimum atomic E-state index is -0.0250. The highest BCUT2D eigenvalue weighted by Gasteiger charge is 2.12. The number of nitrogens with one attached hydrogen (secondary N) is 1. The number of fused-ring (bicyclic) bond motifs is 1. The molecule has 0 aliphatic carbocycles. The quantitative estimate of drug-likeness (QED) is 0.803. The number of amides is 1.